The lowest BCUT2D eigenvalue weighted by Gasteiger charge is -2.26. The molecule has 0 saturated carbocycles. The Hall–Kier alpha value is -0.580. The molecule has 0 aliphatic carbocycles. The number of halogens is 1. The van der Waals surface area contributed by atoms with E-state index in [2.05, 4.69) is 21.2 Å². The van der Waals surface area contributed by atoms with Crippen LogP contribution < -0.4 is 5.32 Å². The van der Waals surface area contributed by atoms with Gasteiger partial charge in [0.25, 0.3) is 0 Å². The molecule has 2 aliphatic rings. The van der Waals surface area contributed by atoms with Crippen LogP contribution in [0.2, 0.25) is 0 Å². The van der Waals surface area contributed by atoms with Crippen molar-refractivity contribution in [3.8, 4) is 0 Å². The number of carbonyl (C=O) groups is 2. The summed E-state index contributed by atoms with van der Waals surface area (Å²) in [6.07, 6.45) is 3.12. The van der Waals surface area contributed by atoms with Gasteiger partial charge >= 0.3 is 0 Å². The van der Waals surface area contributed by atoms with E-state index in [1.807, 2.05) is 4.90 Å². The largest absolute Gasteiger partial charge is 0.356 e. The van der Waals surface area contributed by atoms with E-state index in [1.54, 1.807) is 0 Å². The third kappa shape index (κ3) is 2.33. The number of carbonyl (C=O) groups excluding carboxylic acids is 2. The van der Waals surface area contributed by atoms with E-state index < -0.39 is 0 Å². The van der Waals surface area contributed by atoms with E-state index in [4.69, 9.17) is 0 Å². The summed E-state index contributed by atoms with van der Waals surface area (Å²) in [5, 5.41) is 2.84. The maximum Gasteiger partial charge on any atom is 0.236 e. The standard InChI is InChI=1S/C10H15BrN2O2/c11-8-4-6-13(10(8)15)7-1-2-9(14)12-5-3-7/h7-8H,1-6H2,(H,12,14). The molecule has 0 aromatic rings. The van der Waals surface area contributed by atoms with Crippen LogP contribution in [-0.4, -0.2) is 40.7 Å². The van der Waals surface area contributed by atoms with Gasteiger partial charge in [0.05, 0.1) is 4.83 Å². The Bertz CT molecular complexity index is 283. The Morgan fingerprint density at radius 3 is 2.73 bits per heavy atom. The van der Waals surface area contributed by atoms with Gasteiger partial charge < -0.3 is 10.2 Å². The van der Waals surface area contributed by atoms with Crippen LogP contribution in [0.4, 0.5) is 0 Å². The first kappa shape index (κ1) is 10.9. The zero-order valence-electron chi connectivity index (χ0n) is 8.54. The van der Waals surface area contributed by atoms with Gasteiger partial charge in [0.2, 0.25) is 11.8 Å². The summed E-state index contributed by atoms with van der Waals surface area (Å²) >= 11 is 3.37. The molecule has 0 aromatic carbocycles. The van der Waals surface area contributed by atoms with E-state index in [1.165, 1.54) is 0 Å². The molecule has 2 unspecified atom stereocenters. The van der Waals surface area contributed by atoms with Crippen LogP contribution >= 0.6 is 15.9 Å². The fraction of sp³-hybridized carbons (Fsp3) is 0.800. The molecule has 0 bridgehead atoms. The molecule has 2 atom stereocenters. The highest BCUT2D eigenvalue weighted by Crippen LogP contribution is 2.24. The number of nitrogens with zero attached hydrogens (tertiary/aromatic N) is 1. The Balaban J connectivity index is 1.98. The van der Waals surface area contributed by atoms with Gasteiger partial charge in [-0.15, -0.1) is 0 Å². The van der Waals surface area contributed by atoms with E-state index in [0.29, 0.717) is 13.0 Å². The zero-order chi connectivity index (χ0) is 10.8. The highest BCUT2D eigenvalue weighted by Gasteiger charge is 2.34. The lowest BCUT2D eigenvalue weighted by molar-refractivity contribution is -0.129. The van der Waals surface area contributed by atoms with E-state index in [0.717, 1.165) is 25.8 Å². The second-order valence-corrected chi connectivity index (χ2v) is 5.22. The first-order valence-electron chi connectivity index (χ1n) is 5.40. The Labute approximate surface area is 97.5 Å². The van der Waals surface area contributed by atoms with Crippen molar-refractivity contribution >= 4 is 27.7 Å². The van der Waals surface area contributed by atoms with Crippen molar-refractivity contribution in [3.63, 3.8) is 0 Å². The Morgan fingerprint density at radius 1 is 1.27 bits per heavy atom. The van der Waals surface area contributed by atoms with E-state index in [-0.39, 0.29) is 22.7 Å². The molecule has 2 rings (SSSR count). The van der Waals surface area contributed by atoms with Crippen molar-refractivity contribution < 1.29 is 9.59 Å². The second-order valence-electron chi connectivity index (χ2n) is 4.12. The molecule has 84 valence electrons. The van der Waals surface area contributed by atoms with Gasteiger partial charge in [-0.05, 0) is 19.3 Å². The molecule has 15 heavy (non-hydrogen) atoms. The van der Waals surface area contributed by atoms with Gasteiger partial charge in [0.15, 0.2) is 0 Å². The van der Waals surface area contributed by atoms with Gasteiger partial charge in [-0.2, -0.15) is 0 Å². The summed E-state index contributed by atoms with van der Waals surface area (Å²) in [6, 6.07) is 0.249. The minimum atomic E-state index is -0.00980. The molecule has 4 nitrogen and oxygen atoms in total. The zero-order valence-corrected chi connectivity index (χ0v) is 10.1. The highest BCUT2D eigenvalue weighted by atomic mass is 79.9. The van der Waals surface area contributed by atoms with Crippen molar-refractivity contribution in [2.24, 2.45) is 0 Å². The lowest BCUT2D eigenvalue weighted by Crippen LogP contribution is -2.38. The number of hydrogen-bond acceptors (Lipinski definition) is 2. The molecule has 2 saturated heterocycles. The molecular weight excluding hydrogens is 260 g/mol. The first-order valence-corrected chi connectivity index (χ1v) is 6.31. The van der Waals surface area contributed by atoms with Crippen molar-refractivity contribution in [2.75, 3.05) is 13.1 Å². The van der Waals surface area contributed by atoms with Crippen LogP contribution in [0.15, 0.2) is 0 Å². The van der Waals surface area contributed by atoms with Crippen molar-refractivity contribution in [2.45, 2.75) is 36.6 Å². The summed E-state index contributed by atoms with van der Waals surface area (Å²) in [5.74, 6) is 0.300. The Kier molecular flexibility index (Phi) is 3.29. The van der Waals surface area contributed by atoms with Crippen LogP contribution in [0.1, 0.15) is 25.7 Å². The van der Waals surface area contributed by atoms with Gasteiger partial charge in [-0.1, -0.05) is 15.9 Å². The molecule has 2 aliphatic heterocycles. The molecule has 2 heterocycles. The summed E-state index contributed by atoms with van der Waals surface area (Å²) in [4.78, 5) is 24.9. The average molecular weight is 275 g/mol. The monoisotopic (exact) mass is 274 g/mol. The molecular formula is C10H15BrN2O2. The number of likely N-dealkylation sites (tertiary alicyclic amines) is 1. The first-order chi connectivity index (χ1) is 7.18. The maximum atomic E-state index is 11.8. The third-order valence-electron chi connectivity index (χ3n) is 3.12. The summed E-state index contributed by atoms with van der Waals surface area (Å²) in [5.41, 5.74) is 0. The summed E-state index contributed by atoms with van der Waals surface area (Å²) in [6.45, 7) is 1.52. The van der Waals surface area contributed by atoms with Crippen molar-refractivity contribution in [1.82, 2.24) is 10.2 Å². The molecule has 2 amide bonds. The quantitative estimate of drug-likeness (QED) is 0.714. The summed E-state index contributed by atoms with van der Waals surface area (Å²) < 4.78 is 0. The maximum absolute atomic E-state index is 11.8. The summed E-state index contributed by atoms with van der Waals surface area (Å²) in [7, 11) is 0. The highest BCUT2D eigenvalue weighted by molar-refractivity contribution is 9.10. The van der Waals surface area contributed by atoms with Gasteiger partial charge in [0.1, 0.15) is 0 Å². The number of nitrogens with one attached hydrogen (secondary N) is 1. The topological polar surface area (TPSA) is 49.4 Å². The van der Waals surface area contributed by atoms with Gasteiger partial charge in [-0.3, -0.25) is 9.59 Å². The fourth-order valence-electron chi connectivity index (χ4n) is 2.25. The molecule has 0 radical (unpaired) electrons. The van der Waals surface area contributed by atoms with Gasteiger partial charge in [-0.25, -0.2) is 0 Å². The fourth-order valence-corrected chi connectivity index (χ4v) is 2.72. The van der Waals surface area contributed by atoms with Gasteiger partial charge in [0, 0.05) is 25.6 Å². The third-order valence-corrected chi connectivity index (χ3v) is 3.97. The average Bonchev–Trinajstić information content (AvgIpc) is 2.43. The molecule has 1 N–H and O–H groups in total. The number of hydrogen-bond donors (Lipinski definition) is 1. The van der Waals surface area contributed by atoms with E-state index >= 15 is 0 Å². The van der Waals surface area contributed by atoms with Crippen LogP contribution in [-0.2, 0) is 9.59 Å². The number of alkyl halides is 1. The molecule has 5 heteroatoms. The second kappa shape index (κ2) is 4.51. The predicted octanol–water partition coefficient (Wildman–Crippen LogP) is 0.651. The molecule has 2 fully saturated rings. The molecule has 0 spiro atoms. The SMILES string of the molecule is O=C1CCC(N2CCC(Br)C2=O)CCN1. The predicted molar refractivity (Wildman–Crippen MR) is 59.7 cm³/mol. The van der Waals surface area contributed by atoms with Crippen molar-refractivity contribution in [1.29, 1.82) is 0 Å². The van der Waals surface area contributed by atoms with Crippen molar-refractivity contribution in [3.05, 3.63) is 0 Å². The normalized spacial score (nSPS) is 32.7. The van der Waals surface area contributed by atoms with Crippen LogP contribution in [0.3, 0.4) is 0 Å². The minimum absolute atomic E-state index is 0.00980. The van der Waals surface area contributed by atoms with Crippen LogP contribution in [0.25, 0.3) is 0 Å². The van der Waals surface area contributed by atoms with Crippen LogP contribution in [0, 0.1) is 0 Å². The Morgan fingerprint density at radius 2 is 2.07 bits per heavy atom. The number of amides is 2. The minimum Gasteiger partial charge on any atom is -0.356 e. The smallest absolute Gasteiger partial charge is 0.236 e. The molecule has 0 aromatic heterocycles. The van der Waals surface area contributed by atoms with E-state index in [9.17, 15) is 9.59 Å². The lowest BCUT2D eigenvalue weighted by atomic mass is 10.1. The number of rotatable bonds is 1. The van der Waals surface area contributed by atoms with Crippen LogP contribution in [0.5, 0.6) is 0 Å².